The third-order valence-corrected chi connectivity index (χ3v) is 14.7. The lowest BCUT2D eigenvalue weighted by Crippen LogP contribution is -2.16. The number of nitrogens with zero attached hydrogens (tertiary/aromatic N) is 17. The molecule has 89 heavy (non-hydrogen) atoms. The maximum atomic E-state index is 7.25. The molecule has 4 aliphatic heterocycles. The molecular weight excluding hydrogens is 1120 g/mol. The number of anilines is 4. The first-order chi connectivity index (χ1) is 43.8. The van der Waals surface area contributed by atoms with Crippen molar-refractivity contribution in [3.05, 3.63) is 280 Å². The van der Waals surface area contributed by atoms with Gasteiger partial charge in [0.05, 0.1) is 78.6 Å². The summed E-state index contributed by atoms with van der Waals surface area (Å²) in [5.41, 5.74) is 11.5. The first-order valence-electron chi connectivity index (χ1n) is 28.1. The second-order valence-electron chi connectivity index (χ2n) is 20.7. The van der Waals surface area contributed by atoms with Crippen molar-refractivity contribution in [1.29, 1.82) is 0 Å². The molecule has 12 aromatic rings. The molecule has 4 aliphatic rings. The summed E-state index contributed by atoms with van der Waals surface area (Å²) in [6.45, 7) is 35.9. The van der Waals surface area contributed by atoms with Gasteiger partial charge in [-0.05, 0) is 73.2 Å². The van der Waals surface area contributed by atoms with E-state index in [0.717, 1.165) is 87.2 Å². The summed E-state index contributed by atoms with van der Waals surface area (Å²) in [5, 5.41) is 0. The van der Waals surface area contributed by atoms with Gasteiger partial charge in [-0.2, -0.15) is 0 Å². The Morgan fingerprint density at radius 2 is 0.787 bits per heavy atom. The second kappa shape index (κ2) is 24.9. The highest BCUT2D eigenvalue weighted by Gasteiger charge is 2.31. The second-order valence-corrected chi connectivity index (χ2v) is 20.7. The number of hydrogen-bond donors (Lipinski definition) is 0. The van der Waals surface area contributed by atoms with Gasteiger partial charge in [-0.25, -0.2) is 44.3 Å². The van der Waals surface area contributed by atoms with E-state index in [1.54, 1.807) is 79.5 Å². The Kier molecular flexibility index (Phi) is 15.6. The number of pyridine rings is 5. The number of aromatic nitrogens is 9. The van der Waals surface area contributed by atoms with Crippen LogP contribution in [0.3, 0.4) is 0 Å². The molecule has 0 saturated carbocycles. The first kappa shape index (κ1) is 55.6. The van der Waals surface area contributed by atoms with E-state index in [1.807, 2.05) is 88.7 Å². The number of hydrogen-bond acceptors (Lipinski definition) is 17. The van der Waals surface area contributed by atoms with Crippen molar-refractivity contribution >= 4 is 45.9 Å². The van der Waals surface area contributed by atoms with Crippen LogP contribution in [0.2, 0.25) is 0 Å². The minimum Gasteiger partial charge on any atom is -0.439 e. The molecule has 0 atom stereocenters. The van der Waals surface area contributed by atoms with Gasteiger partial charge in [0.2, 0.25) is 34.9 Å². The lowest BCUT2D eigenvalue weighted by Gasteiger charge is -2.17. The average Bonchev–Trinajstić information content (AvgIpc) is 1.98. The van der Waals surface area contributed by atoms with Crippen LogP contribution < -0.4 is 19.6 Å². The van der Waals surface area contributed by atoms with E-state index in [1.165, 1.54) is 11.3 Å². The molecule has 0 fully saturated rings. The van der Waals surface area contributed by atoms with Crippen LogP contribution in [0.1, 0.15) is 51.4 Å². The maximum absolute atomic E-state index is 7.25. The highest BCUT2D eigenvalue weighted by Crippen LogP contribution is 2.38. The molecule has 0 spiro atoms. The molecule has 3 aromatic carbocycles. The third kappa shape index (κ3) is 12.1. The minimum absolute atomic E-state index is 0.521. The zero-order valence-electron chi connectivity index (χ0n) is 47.7. The van der Waals surface area contributed by atoms with Gasteiger partial charge >= 0.3 is 0 Å². The van der Waals surface area contributed by atoms with Gasteiger partial charge in [-0.1, -0.05) is 91.0 Å². The molecular formula is C68H49N17O4. The van der Waals surface area contributed by atoms with Crippen molar-refractivity contribution in [3.63, 3.8) is 0 Å². The molecule has 0 saturated heterocycles. The molecule has 0 amide bonds. The Morgan fingerprint density at radius 1 is 0.360 bits per heavy atom. The molecule has 13 heterocycles. The summed E-state index contributed by atoms with van der Waals surface area (Å²) in [7, 11) is 0. The normalized spacial score (nSPS) is 13.0. The Morgan fingerprint density at radius 3 is 1.24 bits per heavy atom. The quantitative estimate of drug-likeness (QED) is 0.130. The summed E-state index contributed by atoms with van der Waals surface area (Å²) in [5.74, 6) is 7.90. The van der Waals surface area contributed by atoms with Gasteiger partial charge in [0.1, 0.15) is 74.7 Å². The van der Waals surface area contributed by atoms with Crippen LogP contribution in [-0.4, -0.2) is 44.9 Å². The Balaban J connectivity index is 0.000000109. The highest BCUT2D eigenvalue weighted by molar-refractivity contribution is 5.69. The number of benzene rings is 3. The lowest BCUT2D eigenvalue weighted by molar-refractivity contribution is 0.519. The average molecular weight is 1170 g/mol. The number of fused-ring (bicyclic) bond motifs is 4. The van der Waals surface area contributed by atoms with Gasteiger partial charge in [0.15, 0.2) is 11.4 Å². The van der Waals surface area contributed by atoms with Gasteiger partial charge in [0.25, 0.3) is 0 Å². The van der Waals surface area contributed by atoms with Crippen LogP contribution in [0.5, 0.6) is 0 Å². The number of oxazole rings is 4. The van der Waals surface area contributed by atoms with Crippen molar-refractivity contribution in [2.75, 3.05) is 19.6 Å². The Labute approximate surface area is 510 Å². The van der Waals surface area contributed by atoms with Crippen LogP contribution in [0.4, 0.5) is 45.9 Å². The van der Waals surface area contributed by atoms with E-state index in [9.17, 15) is 0 Å². The van der Waals surface area contributed by atoms with Gasteiger partial charge in [-0.3, -0.25) is 19.9 Å². The van der Waals surface area contributed by atoms with E-state index in [-0.39, 0.29) is 0 Å². The standard InChI is InChI=1S/C18H11N5O.C17H12N4O.C17H15N3O.C16H11N5O/c1-19-13-6-3-5-12(9-13)18-22-15-10-23(11-16(15)24-18)17-14(20-2)7-4-8-21-17;1-18-13-6-4-5-12(9-13)17-20-14-10-21(11-15(14)22-17)16-7-2-3-8-19-16;1-12-5-4-6-13(9-12)20-10-15-16(11-20)21-17(19-15)14-7-2-3-8-18-14;1-17-11-6-4-8-19-15(11)21-9-13-14(10-21)22-16(20-13)12-5-2-3-7-18-12/h3-9H,10-11H2;2-9H,10-11H2;2-9H,10-11H2,1H3;2-8H,9-10H2. The molecule has 0 N–H and O–H groups in total. The van der Waals surface area contributed by atoms with Crippen LogP contribution in [-0.2, 0) is 52.4 Å². The predicted molar refractivity (Wildman–Crippen MR) is 332 cm³/mol. The largest absolute Gasteiger partial charge is 0.439 e. The van der Waals surface area contributed by atoms with Gasteiger partial charge in [0, 0.05) is 47.8 Å². The maximum Gasteiger partial charge on any atom is 0.245 e. The first-order valence-corrected chi connectivity index (χ1v) is 28.1. The van der Waals surface area contributed by atoms with Crippen molar-refractivity contribution in [3.8, 4) is 46.1 Å². The topological polar surface area (TPSA) is 199 Å². The van der Waals surface area contributed by atoms with E-state index in [4.69, 9.17) is 44.0 Å². The van der Waals surface area contributed by atoms with Crippen LogP contribution in [0, 0.1) is 33.2 Å². The van der Waals surface area contributed by atoms with Crippen LogP contribution in [0.25, 0.3) is 65.5 Å². The highest BCUT2D eigenvalue weighted by atomic mass is 16.4. The SMILES string of the molecule is Cc1cccc(N2Cc3nc(-c4ccccn4)oc3C2)c1.[C-]#[N+]c1cccc(-c2nc3c(o2)CN(c2ccccn2)C3)c1.[C-]#[N+]c1cccc(-c2nc3c(o2)CN(c2ncccc2[N+]#[C-])C3)c1.[C-]#[N+]c1cccnc1N1Cc2nc(-c3ccccn3)oc2C1. The van der Waals surface area contributed by atoms with Crippen molar-refractivity contribution in [1.82, 2.24) is 44.9 Å². The predicted octanol–water partition coefficient (Wildman–Crippen LogP) is 14.9. The molecule has 21 heteroatoms. The van der Waals surface area contributed by atoms with E-state index >= 15 is 0 Å². The molecule has 0 radical (unpaired) electrons. The summed E-state index contributed by atoms with van der Waals surface area (Å²) in [6, 6.07) is 47.3. The fraction of sp³-hybridized carbons (Fsp3) is 0.132. The van der Waals surface area contributed by atoms with Crippen molar-refractivity contribution in [2.45, 2.75) is 59.3 Å². The molecule has 21 nitrogen and oxygen atoms in total. The molecule has 0 aliphatic carbocycles. The van der Waals surface area contributed by atoms with E-state index in [2.05, 4.69) is 105 Å². The zero-order chi connectivity index (χ0) is 60.6. The monoisotopic (exact) mass is 1170 g/mol. The third-order valence-electron chi connectivity index (χ3n) is 14.7. The summed E-state index contributed by atoms with van der Waals surface area (Å²) in [6.07, 6.45) is 8.62. The molecule has 9 aromatic heterocycles. The van der Waals surface area contributed by atoms with Crippen molar-refractivity contribution in [2.24, 2.45) is 0 Å². The zero-order valence-corrected chi connectivity index (χ0v) is 47.7. The van der Waals surface area contributed by atoms with Crippen LogP contribution in [0.15, 0.2) is 200 Å². The fourth-order valence-electron chi connectivity index (χ4n) is 10.5. The van der Waals surface area contributed by atoms with Crippen molar-refractivity contribution < 1.29 is 17.7 Å². The van der Waals surface area contributed by atoms with E-state index < -0.39 is 0 Å². The smallest absolute Gasteiger partial charge is 0.245 e. The van der Waals surface area contributed by atoms with Gasteiger partial charge in [-0.15, -0.1) is 0 Å². The molecule has 0 unspecified atom stereocenters. The van der Waals surface area contributed by atoms with Crippen LogP contribution >= 0.6 is 0 Å². The van der Waals surface area contributed by atoms with E-state index in [0.29, 0.717) is 97.2 Å². The number of rotatable bonds is 8. The van der Waals surface area contributed by atoms with Gasteiger partial charge < -0.3 is 37.3 Å². The summed E-state index contributed by atoms with van der Waals surface area (Å²) >= 11 is 0. The summed E-state index contributed by atoms with van der Waals surface area (Å²) in [4.78, 5) is 62.0. The Bertz CT molecular complexity index is 4610. The molecule has 430 valence electrons. The minimum atomic E-state index is 0.521. The Hall–Kier alpha value is -12.6. The molecule has 0 bridgehead atoms. The molecule has 16 rings (SSSR count). The summed E-state index contributed by atoms with van der Waals surface area (Å²) < 4.78 is 23.5. The lowest BCUT2D eigenvalue weighted by atomic mass is 10.2. The number of aryl methyl sites for hydroxylation is 1. The fourth-order valence-corrected chi connectivity index (χ4v) is 10.5.